The van der Waals surface area contributed by atoms with Gasteiger partial charge in [0.05, 0.1) is 5.75 Å². The molecule has 10 heteroatoms. The zero-order valence-electron chi connectivity index (χ0n) is 8.22. The van der Waals surface area contributed by atoms with Crippen LogP contribution in [0.15, 0.2) is 0 Å². The summed E-state index contributed by atoms with van der Waals surface area (Å²) in [7, 11) is 0. The molecule has 1 aromatic rings. The molecule has 0 fully saturated rings. The Bertz CT molecular complexity index is 369. The van der Waals surface area contributed by atoms with Crippen molar-refractivity contribution in [2.45, 2.75) is 13.3 Å². The third-order valence-electron chi connectivity index (χ3n) is 1.46. The molecule has 17 heavy (non-hydrogen) atoms. The number of hydrogen-bond acceptors (Lipinski definition) is 4. The van der Waals surface area contributed by atoms with Gasteiger partial charge >= 0.3 is 0 Å². The van der Waals surface area contributed by atoms with Gasteiger partial charge in [-0.15, -0.1) is 0 Å². The minimum absolute atomic E-state index is 0.0668. The summed E-state index contributed by atoms with van der Waals surface area (Å²) in [6, 6.07) is 0. The largest absolute Gasteiger partial charge is 0.250 e. The molecule has 1 heterocycles. The van der Waals surface area contributed by atoms with Gasteiger partial charge in [0.1, 0.15) is 5.82 Å². The van der Waals surface area contributed by atoms with Gasteiger partial charge in [0.25, 0.3) is 0 Å². The minimum atomic E-state index is -1.79. The molecule has 1 rings (SSSR count). The molecule has 0 spiro atoms. The molecule has 0 aliphatic rings. The summed E-state index contributed by atoms with van der Waals surface area (Å²) < 4.78 is -3.58. The van der Waals surface area contributed by atoms with Gasteiger partial charge in [-0.05, 0) is 6.26 Å². The van der Waals surface area contributed by atoms with Gasteiger partial charge in [-0.2, -0.15) is 11.8 Å². The molecule has 0 unspecified atom stereocenters. The van der Waals surface area contributed by atoms with Crippen LogP contribution in [0, 0.1) is 0 Å². The van der Waals surface area contributed by atoms with E-state index in [9.17, 15) is 0 Å². The van der Waals surface area contributed by atoms with Crippen molar-refractivity contribution in [2.24, 2.45) is 0 Å². The number of aromatic nitrogens is 3. The van der Waals surface area contributed by atoms with Crippen molar-refractivity contribution in [3.05, 3.63) is 17.5 Å². The van der Waals surface area contributed by atoms with E-state index < -0.39 is 7.59 Å². The number of hydrogen-bond donors (Lipinski definition) is 0. The van der Waals surface area contributed by atoms with E-state index in [1.807, 2.05) is 6.26 Å². The first-order chi connectivity index (χ1) is 7.64. The second-order valence-corrected chi connectivity index (χ2v) is 8.26. The van der Waals surface area contributed by atoms with E-state index in [-0.39, 0.29) is 11.6 Å². The van der Waals surface area contributed by atoms with Crippen molar-refractivity contribution < 1.29 is 0 Å². The van der Waals surface area contributed by atoms with Crippen LogP contribution in [0.5, 0.6) is 0 Å². The first kappa shape index (κ1) is 16.2. The lowest BCUT2D eigenvalue weighted by atomic mass is 10.5. The molecule has 0 N–H and O–H groups in total. The Morgan fingerprint density at radius 2 is 1.29 bits per heavy atom. The fourth-order valence-electron chi connectivity index (χ4n) is 0.867. The first-order valence-corrected chi connectivity index (χ1v) is 7.69. The number of nitrogens with zero attached hydrogens (tertiary/aromatic N) is 3. The second-order valence-electron chi connectivity index (χ2n) is 2.83. The Balaban J connectivity index is 3.29. The van der Waals surface area contributed by atoms with E-state index in [1.165, 1.54) is 11.8 Å². The molecule has 1 aromatic heterocycles. The summed E-state index contributed by atoms with van der Waals surface area (Å²) in [6.45, 7) is 0. The van der Waals surface area contributed by atoms with E-state index in [1.54, 1.807) is 0 Å². The summed E-state index contributed by atoms with van der Waals surface area (Å²) in [5.41, 5.74) is 0. The summed E-state index contributed by atoms with van der Waals surface area (Å²) in [4.78, 5) is 11.8. The number of halogens is 6. The SMILES string of the molecule is CSCc1nc(C(Cl)(Cl)Cl)nc(C(Cl)(Cl)Cl)n1. The highest BCUT2D eigenvalue weighted by Gasteiger charge is 2.33. The Labute approximate surface area is 132 Å². The lowest BCUT2D eigenvalue weighted by Crippen LogP contribution is -2.17. The van der Waals surface area contributed by atoms with Crippen LogP contribution in [0.25, 0.3) is 0 Å². The normalized spacial score (nSPS) is 12.9. The van der Waals surface area contributed by atoms with Gasteiger partial charge in [0.15, 0.2) is 11.6 Å². The summed E-state index contributed by atoms with van der Waals surface area (Å²) in [5, 5.41) is 0. The predicted molar refractivity (Wildman–Crippen MR) is 75.5 cm³/mol. The quantitative estimate of drug-likeness (QED) is 0.718. The number of rotatable bonds is 2. The Kier molecular flexibility index (Phi) is 5.74. The van der Waals surface area contributed by atoms with Crippen LogP contribution in [-0.2, 0) is 13.3 Å². The molecule has 0 aliphatic heterocycles. The molecule has 96 valence electrons. The van der Waals surface area contributed by atoms with Gasteiger partial charge in [-0.25, -0.2) is 15.0 Å². The first-order valence-electron chi connectivity index (χ1n) is 4.03. The fraction of sp³-hybridized carbons (Fsp3) is 0.571. The third kappa shape index (κ3) is 4.94. The molecule has 0 aromatic carbocycles. The predicted octanol–water partition coefficient (Wildman–Crippen LogP) is 4.39. The van der Waals surface area contributed by atoms with Crippen molar-refractivity contribution in [2.75, 3.05) is 6.26 Å². The molecule has 0 aliphatic carbocycles. The van der Waals surface area contributed by atoms with Crippen molar-refractivity contribution >= 4 is 81.4 Å². The topological polar surface area (TPSA) is 38.7 Å². The van der Waals surface area contributed by atoms with Gasteiger partial charge < -0.3 is 0 Å². The van der Waals surface area contributed by atoms with E-state index in [0.29, 0.717) is 11.6 Å². The molecule has 0 saturated carbocycles. The molecular formula is C7H5Cl6N3S. The van der Waals surface area contributed by atoms with Crippen LogP contribution in [0.2, 0.25) is 0 Å². The standard InChI is InChI=1S/C7H5Cl6N3S/c1-17-2-3-14-4(6(8,9)10)16-5(15-3)7(11,12)13/h2H2,1H3. The van der Waals surface area contributed by atoms with Crippen molar-refractivity contribution in [3.8, 4) is 0 Å². The van der Waals surface area contributed by atoms with Gasteiger partial charge in [-0.3, -0.25) is 0 Å². The zero-order valence-corrected chi connectivity index (χ0v) is 13.6. The molecule has 0 atom stereocenters. The molecule has 0 amide bonds. The Morgan fingerprint density at radius 3 is 1.59 bits per heavy atom. The highest BCUT2D eigenvalue weighted by atomic mass is 35.6. The maximum Gasteiger partial charge on any atom is 0.250 e. The Morgan fingerprint density at radius 1 is 0.882 bits per heavy atom. The lowest BCUT2D eigenvalue weighted by Gasteiger charge is -2.15. The lowest BCUT2D eigenvalue weighted by molar-refractivity contribution is 0.808. The smallest absolute Gasteiger partial charge is 0.212 e. The minimum Gasteiger partial charge on any atom is -0.212 e. The Hall–Kier alpha value is 1.10. The van der Waals surface area contributed by atoms with E-state index in [4.69, 9.17) is 69.6 Å². The molecule has 0 bridgehead atoms. The summed E-state index contributed by atoms with van der Waals surface area (Å²) >= 11 is 35.7. The van der Waals surface area contributed by atoms with Crippen LogP contribution < -0.4 is 0 Å². The van der Waals surface area contributed by atoms with Crippen LogP contribution >= 0.6 is 81.4 Å². The maximum absolute atomic E-state index is 5.69. The van der Waals surface area contributed by atoms with Gasteiger partial charge in [0.2, 0.25) is 7.59 Å². The average molecular weight is 376 g/mol. The zero-order chi connectivity index (χ0) is 13.3. The van der Waals surface area contributed by atoms with Crippen LogP contribution in [-0.4, -0.2) is 21.2 Å². The van der Waals surface area contributed by atoms with E-state index in [0.717, 1.165) is 0 Å². The monoisotopic (exact) mass is 373 g/mol. The van der Waals surface area contributed by atoms with Crippen LogP contribution in [0.3, 0.4) is 0 Å². The highest BCUT2D eigenvalue weighted by Crippen LogP contribution is 2.39. The maximum atomic E-state index is 5.69. The van der Waals surface area contributed by atoms with Crippen LogP contribution in [0.1, 0.15) is 17.5 Å². The van der Waals surface area contributed by atoms with Gasteiger partial charge in [-0.1, -0.05) is 69.6 Å². The van der Waals surface area contributed by atoms with Gasteiger partial charge in [0, 0.05) is 0 Å². The van der Waals surface area contributed by atoms with Crippen LogP contribution in [0.4, 0.5) is 0 Å². The number of alkyl halides is 6. The molecular weight excluding hydrogens is 371 g/mol. The van der Waals surface area contributed by atoms with Crippen molar-refractivity contribution in [3.63, 3.8) is 0 Å². The summed E-state index contributed by atoms with van der Waals surface area (Å²) in [6.07, 6.45) is 1.87. The summed E-state index contributed by atoms with van der Waals surface area (Å²) in [5.74, 6) is 0.741. The average Bonchev–Trinajstić information content (AvgIpc) is 2.15. The second kappa shape index (κ2) is 6.04. The fourth-order valence-corrected chi connectivity index (χ4v) is 1.76. The highest BCUT2D eigenvalue weighted by molar-refractivity contribution is 7.97. The molecule has 0 radical (unpaired) electrons. The van der Waals surface area contributed by atoms with Crippen molar-refractivity contribution in [1.82, 2.24) is 15.0 Å². The third-order valence-corrected chi connectivity index (χ3v) is 3.02. The number of thioether (sulfide) groups is 1. The van der Waals surface area contributed by atoms with E-state index >= 15 is 0 Å². The van der Waals surface area contributed by atoms with Crippen molar-refractivity contribution in [1.29, 1.82) is 0 Å². The molecule has 0 saturated heterocycles. The van der Waals surface area contributed by atoms with E-state index in [2.05, 4.69) is 15.0 Å². The molecule has 3 nitrogen and oxygen atoms in total.